The second-order valence-corrected chi connectivity index (χ2v) is 9.51. The molecule has 1 aromatic heterocycles. The van der Waals surface area contributed by atoms with Crippen LogP contribution in [0.1, 0.15) is 37.0 Å². The van der Waals surface area contributed by atoms with Gasteiger partial charge in [0.1, 0.15) is 6.61 Å². The van der Waals surface area contributed by atoms with Gasteiger partial charge in [-0.1, -0.05) is 31.2 Å². The zero-order valence-electron chi connectivity index (χ0n) is 19.2. The van der Waals surface area contributed by atoms with Gasteiger partial charge in [-0.25, -0.2) is 13.2 Å². The van der Waals surface area contributed by atoms with E-state index in [9.17, 15) is 13.2 Å². The molecule has 0 fully saturated rings. The molecule has 0 aliphatic heterocycles. The van der Waals surface area contributed by atoms with Crippen molar-refractivity contribution in [2.45, 2.75) is 38.7 Å². The number of nitrogens with zero attached hydrogens (tertiary/aromatic N) is 6. The van der Waals surface area contributed by atoms with Gasteiger partial charge in [0.25, 0.3) is 0 Å². The lowest BCUT2D eigenvalue weighted by Gasteiger charge is -2.13. The molecule has 2 aromatic carbocycles. The van der Waals surface area contributed by atoms with Crippen LogP contribution in [0.4, 0.5) is 0 Å². The minimum atomic E-state index is -3.32. The number of tetrazole rings is 1. The van der Waals surface area contributed by atoms with Crippen molar-refractivity contribution >= 4 is 21.4 Å². The SMILES string of the molecule is CC/C(=N\N=C(/C)c1cccc(S(C)(=O)=O)c1)OCc1c(C)cccc1-n1nnn(C)c1=O. The number of hydrogen-bond acceptors (Lipinski definition) is 8. The van der Waals surface area contributed by atoms with Crippen LogP contribution in [0.5, 0.6) is 0 Å². The van der Waals surface area contributed by atoms with Crippen molar-refractivity contribution in [1.82, 2.24) is 19.8 Å². The van der Waals surface area contributed by atoms with Crippen LogP contribution in [0.2, 0.25) is 0 Å². The first-order chi connectivity index (χ1) is 15.6. The highest BCUT2D eigenvalue weighted by molar-refractivity contribution is 7.90. The summed E-state index contributed by atoms with van der Waals surface area (Å²) in [7, 11) is -1.78. The molecule has 0 spiro atoms. The van der Waals surface area contributed by atoms with Crippen LogP contribution in [0.3, 0.4) is 0 Å². The molecule has 174 valence electrons. The van der Waals surface area contributed by atoms with Crippen LogP contribution in [0.25, 0.3) is 5.69 Å². The normalized spacial score (nSPS) is 12.8. The van der Waals surface area contributed by atoms with Crippen molar-refractivity contribution in [2.24, 2.45) is 17.3 Å². The van der Waals surface area contributed by atoms with Gasteiger partial charge in [0, 0.05) is 25.3 Å². The Bertz CT molecular complexity index is 1390. The molecule has 0 unspecified atom stereocenters. The molecular weight excluding hydrogens is 444 g/mol. The van der Waals surface area contributed by atoms with Crippen molar-refractivity contribution in [3.05, 3.63) is 69.6 Å². The summed E-state index contributed by atoms with van der Waals surface area (Å²) in [5, 5.41) is 16.1. The van der Waals surface area contributed by atoms with Crippen molar-refractivity contribution in [2.75, 3.05) is 6.26 Å². The molecule has 0 amide bonds. The molecule has 1 heterocycles. The molecule has 33 heavy (non-hydrogen) atoms. The van der Waals surface area contributed by atoms with Crippen LogP contribution in [-0.4, -0.2) is 46.1 Å². The Morgan fingerprint density at radius 2 is 1.85 bits per heavy atom. The minimum absolute atomic E-state index is 0.163. The largest absolute Gasteiger partial charge is 0.475 e. The highest BCUT2D eigenvalue weighted by atomic mass is 32.2. The van der Waals surface area contributed by atoms with E-state index >= 15 is 0 Å². The van der Waals surface area contributed by atoms with Gasteiger partial charge in [0.15, 0.2) is 9.84 Å². The van der Waals surface area contributed by atoms with Crippen LogP contribution in [0, 0.1) is 6.92 Å². The van der Waals surface area contributed by atoms with E-state index in [4.69, 9.17) is 4.74 Å². The van der Waals surface area contributed by atoms with Crippen LogP contribution < -0.4 is 5.69 Å². The van der Waals surface area contributed by atoms with Gasteiger partial charge in [-0.15, -0.1) is 5.10 Å². The van der Waals surface area contributed by atoms with Gasteiger partial charge >= 0.3 is 5.69 Å². The van der Waals surface area contributed by atoms with Gasteiger partial charge < -0.3 is 4.74 Å². The minimum Gasteiger partial charge on any atom is -0.475 e. The second-order valence-electron chi connectivity index (χ2n) is 7.49. The Hall–Kier alpha value is -3.60. The lowest BCUT2D eigenvalue weighted by Crippen LogP contribution is -2.23. The quantitative estimate of drug-likeness (QED) is 0.297. The number of sulfone groups is 1. The molecule has 0 atom stereocenters. The van der Waals surface area contributed by atoms with Crippen molar-refractivity contribution in [3.63, 3.8) is 0 Å². The molecule has 3 aromatic rings. The zero-order valence-corrected chi connectivity index (χ0v) is 20.0. The highest BCUT2D eigenvalue weighted by Gasteiger charge is 2.14. The molecule has 3 rings (SSSR count). The van der Waals surface area contributed by atoms with Crippen molar-refractivity contribution in [3.8, 4) is 5.69 Å². The van der Waals surface area contributed by atoms with Gasteiger partial charge in [-0.3, -0.25) is 0 Å². The maximum Gasteiger partial charge on any atom is 0.368 e. The van der Waals surface area contributed by atoms with Gasteiger partial charge in [0.2, 0.25) is 5.90 Å². The summed E-state index contributed by atoms with van der Waals surface area (Å²) in [6.45, 7) is 5.72. The first-order valence-electron chi connectivity index (χ1n) is 10.2. The Kier molecular flexibility index (Phi) is 7.22. The standard InChI is InChI=1S/C22H26N6O4S/c1-6-21(24-23-16(3)17-10-8-11-18(13-17)33(5,30)31)32-14-19-15(2)9-7-12-20(19)28-22(29)27(4)25-26-28/h7-13H,6,14H2,1-5H3/b23-16+,24-21+. The molecular formula is C22H26N6O4S. The summed E-state index contributed by atoms with van der Waals surface area (Å²) in [6.07, 6.45) is 1.65. The number of aryl methyl sites for hydroxylation is 2. The zero-order chi connectivity index (χ0) is 24.2. The van der Waals surface area contributed by atoms with Gasteiger partial charge in [-0.05, 0) is 53.6 Å². The molecule has 0 bridgehead atoms. The maximum absolute atomic E-state index is 12.3. The van der Waals surface area contributed by atoms with E-state index in [2.05, 4.69) is 20.6 Å². The number of hydrogen-bond donors (Lipinski definition) is 0. The third-order valence-corrected chi connectivity index (χ3v) is 6.12. The summed E-state index contributed by atoms with van der Waals surface area (Å²) >= 11 is 0. The molecule has 0 N–H and O–H groups in total. The summed E-state index contributed by atoms with van der Waals surface area (Å²) in [6, 6.07) is 12.1. The van der Waals surface area contributed by atoms with E-state index in [1.807, 2.05) is 26.0 Å². The first kappa shape index (κ1) is 24.1. The third-order valence-electron chi connectivity index (χ3n) is 5.01. The molecule has 0 aliphatic rings. The number of benzene rings is 2. The van der Waals surface area contributed by atoms with E-state index in [-0.39, 0.29) is 17.2 Å². The fourth-order valence-corrected chi connectivity index (χ4v) is 3.70. The van der Waals surface area contributed by atoms with Gasteiger partial charge in [-0.2, -0.15) is 14.5 Å². The van der Waals surface area contributed by atoms with Gasteiger partial charge in [0.05, 0.1) is 16.3 Å². The van der Waals surface area contributed by atoms with Crippen molar-refractivity contribution in [1.29, 1.82) is 0 Å². The third kappa shape index (κ3) is 5.61. The molecule has 10 nitrogen and oxygen atoms in total. The second kappa shape index (κ2) is 9.90. The molecule has 0 aliphatic carbocycles. The monoisotopic (exact) mass is 470 g/mol. The fourth-order valence-electron chi connectivity index (χ4n) is 3.04. The van der Waals surface area contributed by atoms with E-state index < -0.39 is 9.84 Å². The summed E-state index contributed by atoms with van der Waals surface area (Å²) in [5.41, 5.74) is 3.14. The van der Waals surface area contributed by atoms with Crippen molar-refractivity contribution < 1.29 is 13.2 Å². The van der Waals surface area contributed by atoms with E-state index in [1.54, 1.807) is 31.2 Å². The molecule has 0 saturated carbocycles. The fraction of sp³-hybridized carbons (Fsp3) is 0.318. The predicted molar refractivity (Wildman–Crippen MR) is 126 cm³/mol. The predicted octanol–water partition coefficient (Wildman–Crippen LogP) is 2.43. The summed E-state index contributed by atoms with van der Waals surface area (Å²) < 4.78 is 31.9. The lowest BCUT2D eigenvalue weighted by molar-refractivity contribution is 0.282. The number of rotatable bonds is 7. The smallest absolute Gasteiger partial charge is 0.368 e. The molecule has 11 heteroatoms. The van der Waals surface area contributed by atoms with E-state index in [0.29, 0.717) is 29.3 Å². The lowest BCUT2D eigenvalue weighted by atomic mass is 10.1. The highest BCUT2D eigenvalue weighted by Crippen LogP contribution is 2.18. The Labute approximate surface area is 192 Å². The summed E-state index contributed by atoms with van der Waals surface area (Å²) in [5.74, 6) is 0.398. The topological polar surface area (TPSA) is 121 Å². The molecule has 0 saturated heterocycles. The molecule has 0 radical (unpaired) electrons. The average Bonchev–Trinajstić information content (AvgIpc) is 3.12. The maximum atomic E-state index is 12.3. The Balaban J connectivity index is 1.84. The first-order valence-corrected chi connectivity index (χ1v) is 12.1. The average molecular weight is 471 g/mol. The number of aromatic nitrogens is 4. The van der Waals surface area contributed by atoms with Crippen LogP contribution >= 0.6 is 0 Å². The summed E-state index contributed by atoms with van der Waals surface area (Å²) in [4.78, 5) is 12.5. The Morgan fingerprint density at radius 1 is 1.12 bits per heavy atom. The number of ether oxygens (including phenoxy) is 1. The van der Waals surface area contributed by atoms with E-state index in [1.165, 1.54) is 17.8 Å². The van der Waals surface area contributed by atoms with Crippen LogP contribution in [-0.2, 0) is 28.2 Å². The Morgan fingerprint density at radius 3 is 2.48 bits per heavy atom. The van der Waals surface area contributed by atoms with Crippen LogP contribution in [0.15, 0.2) is 62.4 Å². The van der Waals surface area contributed by atoms with E-state index in [0.717, 1.165) is 22.1 Å².